The minimum absolute atomic E-state index is 0.291. The van der Waals surface area contributed by atoms with Gasteiger partial charge in [-0.05, 0) is 50.4 Å². The molecule has 18 heavy (non-hydrogen) atoms. The second kappa shape index (κ2) is 4.02. The average molecular weight is 247 g/mol. The zero-order valence-corrected chi connectivity index (χ0v) is 11.5. The maximum atomic E-state index is 6.22. The Morgan fingerprint density at radius 3 is 2.89 bits per heavy atom. The normalized spacial score (nSPS) is 36.7. The van der Waals surface area contributed by atoms with Crippen LogP contribution in [0.5, 0.6) is 0 Å². The van der Waals surface area contributed by atoms with Crippen molar-refractivity contribution in [3.63, 3.8) is 0 Å². The van der Waals surface area contributed by atoms with E-state index in [0.717, 1.165) is 18.0 Å². The van der Waals surface area contributed by atoms with E-state index in [1.54, 1.807) is 5.57 Å². The molecule has 0 aliphatic heterocycles. The highest BCUT2D eigenvalue weighted by Gasteiger charge is 2.44. The van der Waals surface area contributed by atoms with E-state index in [-0.39, 0.29) is 0 Å². The Labute approximate surface area is 110 Å². The molecule has 4 N–H and O–H groups in total. The lowest BCUT2D eigenvalue weighted by molar-refractivity contribution is 0.111. The number of hydrazine groups is 1. The van der Waals surface area contributed by atoms with Gasteiger partial charge >= 0.3 is 0 Å². The molecule has 3 unspecified atom stereocenters. The van der Waals surface area contributed by atoms with E-state index >= 15 is 0 Å². The van der Waals surface area contributed by atoms with Crippen molar-refractivity contribution in [2.75, 3.05) is 0 Å². The van der Waals surface area contributed by atoms with E-state index in [2.05, 4.69) is 19.9 Å². The van der Waals surface area contributed by atoms with Gasteiger partial charge in [0.25, 0.3) is 0 Å². The fraction of sp³-hybridized carbons (Fsp3) is 0.733. The summed E-state index contributed by atoms with van der Waals surface area (Å²) in [6, 6.07) is 0.341. The summed E-state index contributed by atoms with van der Waals surface area (Å²) in [5.41, 5.74) is 8.99. The van der Waals surface area contributed by atoms with Crippen molar-refractivity contribution >= 4 is 0 Å². The van der Waals surface area contributed by atoms with Crippen molar-refractivity contribution in [2.45, 2.75) is 52.0 Å². The van der Waals surface area contributed by atoms with E-state index in [1.807, 2.05) is 11.2 Å². The van der Waals surface area contributed by atoms with Gasteiger partial charge in [0.1, 0.15) is 0 Å². The molecule has 0 aromatic heterocycles. The molecule has 0 aromatic carbocycles. The average Bonchev–Trinajstić information content (AvgIpc) is 3.19. The first-order valence-corrected chi connectivity index (χ1v) is 7.19. The van der Waals surface area contributed by atoms with Gasteiger partial charge in [0.2, 0.25) is 0 Å². The van der Waals surface area contributed by atoms with Crippen molar-refractivity contribution in [1.82, 2.24) is 5.01 Å². The maximum Gasteiger partial charge on any atom is 0.0475 e. The van der Waals surface area contributed by atoms with Gasteiger partial charge in [0.05, 0.1) is 0 Å². The van der Waals surface area contributed by atoms with Crippen LogP contribution >= 0.6 is 0 Å². The molecule has 3 aliphatic carbocycles. The fourth-order valence-corrected chi connectivity index (χ4v) is 3.20. The molecule has 0 heterocycles. The number of hydrogen-bond donors (Lipinski definition) is 2. The minimum atomic E-state index is 0.291. The largest absolute Gasteiger partial charge is 0.401 e. The van der Waals surface area contributed by atoms with E-state index in [9.17, 15) is 0 Å². The Balaban J connectivity index is 1.67. The first-order chi connectivity index (χ1) is 8.49. The zero-order valence-electron chi connectivity index (χ0n) is 11.5. The molecule has 100 valence electrons. The van der Waals surface area contributed by atoms with Gasteiger partial charge in [-0.15, -0.1) is 0 Å². The summed E-state index contributed by atoms with van der Waals surface area (Å²) >= 11 is 0. The van der Waals surface area contributed by atoms with Gasteiger partial charge < -0.3 is 10.7 Å². The number of nitrogens with two attached hydrogens (primary N) is 2. The van der Waals surface area contributed by atoms with Gasteiger partial charge in [-0.2, -0.15) is 0 Å². The van der Waals surface area contributed by atoms with Crippen molar-refractivity contribution < 1.29 is 0 Å². The van der Waals surface area contributed by atoms with Crippen LogP contribution in [0, 0.1) is 17.3 Å². The van der Waals surface area contributed by atoms with Crippen LogP contribution in [0.2, 0.25) is 0 Å². The van der Waals surface area contributed by atoms with Crippen LogP contribution in [-0.4, -0.2) is 11.1 Å². The summed E-state index contributed by atoms with van der Waals surface area (Å²) in [6.45, 7) is 4.60. The first-order valence-electron chi connectivity index (χ1n) is 7.19. The van der Waals surface area contributed by atoms with Crippen LogP contribution in [0.15, 0.2) is 23.5 Å². The Morgan fingerprint density at radius 1 is 1.56 bits per heavy atom. The third-order valence-electron chi connectivity index (χ3n) is 5.19. The SMILES string of the molecule is CC(N(N)/C=C(\N)C1CC1)C1(C)CC=C2CC2C1. The summed E-state index contributed by atoms with van der Waals surface area (Å²) in [5.74, 6) is 7.66. The molecular weight excluding hydrogens is 222 g/mol. The molecule has 0 saturated heterocycles. The lowest BCUT2D eigenvalue weighted by Gasteiger charge is -2.41. The van der Waals surface area contributed by atoms with Crippen LogP contribution in [0.1, 0.15) is 46.0 Å². The van der Waals surface area contributed by atoms with Crippen LogP contribution in [0.3, 0.4) is 0 Å². The molecule has 0 radical (unpaired) electrons. The predicted octanol–water partition coefficient (Wildman–Crippen LogP) is 2.51. The third kappa shape index (κ3) is 2.16. The summed E-state index contributed by atoms with van der Waals surface area (Å²) in [6.07, 6.45) is 10.6. The number of nitrogens with zero attached hydrogens (tertiary/aromatic N) is 1. The van der Waals surface area contributed by atoms with Gasteiger partial charge in [-0.1, -0.05) is 18.6 Å². The molecule has 3 atom stereocenters. The molecule has 2 saturated carbocycles. The van der Waals surface area contributed by atoms with Gasteiger partial charge in [-0.3, -0.25) is 0 Å². The van der Waals surface area contributed by atoms with Crippen molar-refractivity contribution in [1.29, 1.82) is 0 Å². The molecule has 2 fully saturated rings. The summed E-state index contributed by atoms with van der Waals surface area (Å²) in [4.78, 5) is 0. The minimum Gasteiger partial charge on any atom is -0.401 e. The lowest BCUT2D eigenvalue weighted by Crippen LogP contribution is -2.46. The second-order valence-corrected chi connectivity index (χ2v) is 6.77. The van der Waals surface area contributed by atoms with Crippen LogP contribution in [0.25, 0.3) is 0 Å². The highest BCUT2D eigenvalue weighted by atomic mass is 15.4. The van der Waals surface area contributed by atoms with Gasteiger partial charge in [0, 0.05) is 23.9 Å². The van der Waals surface area contributed by atoms with E-state index in [4.69, 9.17) is 11.6 Å². The molecule has 3 heteroatoms. The second-order valence-electron chi connectivity index (χ2n) is 6.77. The Kier molecular flexibility index (Phi) is 2.70. The Morgan fingerprint density at radius 2 is 2.28 bits per heavy atom. The Bertz CT molecular complexity index is 408. The number of fused-ring (bicyclic) bond motifs is 1. The zero-order chi connectivity index (χ0) is 12.9. The molecule has 0 amide bonds. The fourth-order valence-electron chi connectivity index (χ4n) is 3.20. The summed E-state index contributed by atoms with van der Waals surface area (Å²) in [5, 5.41) is 1.86. The third-order valence-corrected chi connectivity index (χ3v) is 5.19. The highest BCUT2D eigenvalue weighted by Crippen LogP contribution is 2.53. The summed E-state index contributed by atoms with van der Waals surface area (Å²) < 4.78 is 0. The van der Waals surface area contributed by atoms with E-state index in [0.29, 0.717) is 17.4 Å². The van der Waals surface area contributed by atoms with Crippen molar-refractivity contribution in [2.24, 2.45) is 28.8 Å². The molecule has 3 nitrogen and oxygen atoms in total. The van der Waals surface area contributed by atoms with Gasteiger partial charge in [0.15, 0.2) is 0 Å². The van der Waals surface area contributed by atoms with Crippen molar-refractivity contribution in [3.05, 3.63) is 23.5 Å². The maximum absolute atomic E-state index is 6.22. The van der Waals surface area contributed by atoms with E-state index in [1.165, 1.54) is 25.7 Å². The smallest absolute Gasteiger partial charge is 0.0475 e. The monoisotopic (exact) mass is 247 g/mol. The molecule has 0 aromatic rings. The van der Waals surface area contributed by atoms with Crippen LogP contribution < -0.4 is 11.6 Å². The number of allylic oxidation sites excluding steroid dienone is 3. The standard InChI is InChI=1S/C15H25N3/c1-10(18(17)9-14(16)11-3-4-11)15(2)6-5-12-7-13(12)8-15/h5,9-11,13H,3-4,6-8,16-17H2,1-2H3/b14-9-. The lowest BCUT2D eigenvalue weighted by atomic mass is 9.73. The highest BCUT2D eigenvalue weighted by molar-refractivity contribution is 5.28. The van der Waals surface area contributed by atoms with E-state index < -0.39 is 0 Å². The number of hydrogen-bond acceptors (Lipinski definition) is 3. The molecule has 3 aliphatic rings. The Hall–Kier alpha value is -0.960. The quantitative estimate of drug-likeness (QED) is 0.456. The molecule has 3 rings (SSSR count). The number of rotatable bonds is 4. The molecule has 0 bridgehead atoms. The molecule has 0 spiro atoms. The van der Waals surface area contributed by atoms with Crippen LogP contribution in [0.4, 0.5) is 0 Å². The summed E-state index contributed by atoms with van der Waals surface area (Å²) in [7, 11) is 0. The van der Waals surface area contributed by atoms with Crippen LogP contribution in [-0.2, 0) is 0 Å². The van der Waals surface area contributed by atoms with Gasteiger partial charge in [-0.25, -0.2) is 5.84 Å². The van der Waals surface area contributed by atoms with Crippen molar-refractivity contribution in [3.8, 4) is 0 Å². The topological polar surface area (TPSA) is 55.3 Å². The molecular formula is C15H25N3. The first kappa shape index (κ1) is 12.1. The predicted molar refractivity (Wildman–Crippen MR) is 74.0 cm³/mol.